The molecule has 1 saturated carbocycles. The molecule has 6 rings (SSSR count). The summed E-state index contributed by atoms with van der Waals surface area (Å²) in [7, 11) is 3.59. The average molecular weight is 513 g/mol. The molecule has 2 aliphatic rings. The molecule has 0 unspecified atom stereocenters. The number of aryl methyl sites for hydroxylation is 1. The Bertz CT molecular complexity index is 1350. The Morgan fingerprint density at radius 3 is 2.66 bits per heavy atom. The van der Waals surface area contributed by atoms with Crippen molar-refractivity contribution >= 4 is 34.0 Å². The van der Waals surface area contributed by atoms with Crippen molar-refractivity contribution in [1.29, 1.82) is 0 Å². The summed E-state index contributed by atoms with van der Waals surface area (Å²) in [5.74, 6) is 0. The molecule has 1 N–H and O–H groups in total. The van der Waals surface area contributed by atoms with Crippen LogP contribution in [0.5, 0.6) is 0 Å². The lowest BCUT2D eigenvalue weighted by atomic mass is 9.80. The van der Waals surface area contributed by atoms with Gasteiger partial charge in [-0.3, -0.25) is 9.58 Å². The monoisotopic (exact) mass is 512 g/mol. The van der Waals surface area contributed by atoms with Gasteiger partial charge in [0.2, 0.25) is 0 Å². The molecular formula is C25H29ClN6O2S. The Kier molecular flexibility index (Phi) is 6.14. The van der Waals surface area contributed by atoms with Gasteiger partial charge in [-0.15, -0.1) is 11.3 Å². The molecule has 0 spiro atoms. The van der Waals surface area contributed by atoms with Crippen LogP contribution in [0.2, 0.25) is 5.02 Å². The lowest BCUT2D eigenvalue weighted by Gasteiger charge is -2.39. The molecular weight excluding hydrogens is 484 g/mol. The highest BCUT2D eigenvalue weighted by molar-refractivity contribution is 7.15. The van der Waals surface area contributed by atoms with Gasteiger partial charge in [0.15, 0.2) is 0 Å². The van der Waals surface area contributed by atoms with Gasteiger partial charge in [-0.2, -0.15) is 5.10 Å². The van der Waals surface area contributed by atoms with Crippen LogP contribution in [0.3, 0.4) is 0 Å². The molecule has 2 fully saturated rings. The van der Waals surface area contributed by atoms with Gasteiger partial charge in [0.25, 0.3) is 0 Å². The van der Waals surface area contributed by atoms with E-state index in [9.17, 15) is 0 Å². The Morgan fingerprint density at radius 1 is 1.14 bits per heavy atom. The van der Waals surface area contributed by atoms with Crippen molar-refractivity contribution in [2.45, 2.75) is 44.2 Å². The Hall–Kier alpha value is -2.30. The Labute approximate surface area is 213 Å². The van der Waals surface area contributed by atoms with E-state index in [-0.39, 0.29) is 12.4 Å². The van der Waals surface area contributed by atoms with Gasteiger partial charge in [-0.25, -0.2) is 9.97 Å². The molecule has 0 atom stereocenters. The van der Waals surface area contributed by atoms with Crippen molar-refractivity contribution in [3.8, 4) is 21.7 Å². The number of halogens is 1. The predicted molar refractivity (Wildman–Crippen MR) is 137 cm³/mol. The molecule has 0 radical (unpaired) electrons. The van der Waals surface area contributed by atoms with Gasteiger partial charge >= 0.3 is 0 Å². The van der Waals surface area contributed by atoms with Crippen LogP contribution in [0.15, 0.2) is 24.8 Å². The van der Waals surface area contributed by atoms with Crippen LogP contribution in [0, 0.1) is 0 Å². The number of ether oxygens (including phenoxy) is 2. The minimum Gasteiger partial charge on any atom is -0.359 e. The number of hydrogen-bond acceptors (Lipinski definition) is 7. The van der Waals surface area contributed by atoms with Gasteiger partial charge in [0.1, 0.15) is 23.0 Å². The van der Waals surface area contributed by atoms with E-state index in [1.807, 2.05) is 30.3 Å². The van der Waals surface area contributed by atoms with E-state index in [0.29, 0.717) is 5.02 Å². The number of likely N-dealkylation sites (tertiary alicyclic amines) is 1. The van der Waals surface area contributed by atoms with Crippen LogP contribution in [-0.2, 0) is 28.7 Å². The molecule has 4 aromatic heterocycles. The van der Waals surface area contributed by atoms with Crippen molar-refractivity contribution in [3.63, 3.8) is 0 Å². The SMILES string of the molecule is COCOC1(c2ncc(-c3c(Cl)cnc4[nH]c(-c5cnn(C)c5)c(CN5CCCC5)c34)s2)CCC1. The first kappa shape index (κ1) is 23.1. The zero-order valence-corrected chi connectivity index (χ0v) is 21.6. The molecule has 0 bridgehead atoms. The predicted octanol–water partition coefficient (Wildman–Crippen LogP) is 5.34. The summed E-state index contributed by atoms with van der Waals surface area (Å²) in [6.07, 6.45) is 13.1. The smallest absolute Gasteiger partial charge is 0.147 e. The summed E-state index contributed by atoms with van der Waals surface area (Å²) in [6.45, 7) is 3.31. The van der Waals surface area contributed by atoms with E-state index in [2.05, 4.69) is 20.0 Å². The summed E-state index contributed by atoms with van der Waals surface area (Å²) in [5.41, 5.74) is 4.79. The van der Waals surface area contributed by atoms with Crippen molar-refractivity contribution in [3.05, 3.63) is 40.4 Å². The minimum absolute atomic E-state index is 0.265. The van der Waals surface area contributed by atoms with E-state index in [4.69, 9.17) is 26.1 Å². The highest BCUT2D eigenvalue weighted by Crippen LogP contribution is 2.49. The third-order valence-electron chi connectivity index (χ3n) is 7.21. The lowest BCUT2D eigenvalue weighted by Crippen LogP contribution is -2.37. The van der Waals surface area contributed by atoms with Gasteiger partial charge in [0, 0.05) is 61.4 Å². The van der Waals surface area contributed by atoms with E-state index >= 15 is 0 Å². The summed E-state index contributed by atoms with van der Waals surface area (Å²) in [5, 5.41) is 7.10. The Balaban J connectivity index is 1.49. The quantitative estimate of drug-likeness (QED) is 0.321. The third-order valence-corrected chi connectivity index (χ3v) is 8.70. The van der Waals surface area contributed by atoms with Gasteiger partial charge in [-0.1, -0.05) is 11.6 Å². The summed E-state index contributed by atoms with van der Waals surface area (Å²) >= 11 is 8.52. The summed E-state index contributed by atoms with van der Waals surface area (Å²) in [6, 6.07) is 0. The van der Waals surface area contributed by atoms with Crippen LogP contribution >= 0.6 is 22.9 Å². The zero-order chi connectivity index (χ0) is 24.0. The maximum atomic E-state index is 6.86. The first-order valence-corrected chi connectivity index (χ1v) is 13.3. The molecule has 1 aliphatic heterocycles. The second kappa shape index (κ2) is 9.29. The number of nitrogens with zero attached hydrogens (tertiary/aromatic N) is 5. The first-order chi connectivity index (χ1) is 17.1. The fourth-order valence-electron chi connectivity index (χ4n) is 5.25. The van der Waals surface area contributed by atoms with Crippen molar-refractivity contribution in [2.24, 2.45) is 7.05 Å². The molecule has 10 heteroatoms. The second-order valence-electron chi connectivity index (χ2n) is 9.50. The molecule has 8 nitrogen and oxygen atoms in total. The normalized spacial score (nSPS) is 17.9. The molecule has 35 heavy (non-hydrogen) atoms. The maximum Gasteiger partial charge on any atom is 0.147 e. The first-order valence-electron chi connectivity index (χ1n) is 12.1. The average Bonchev–Trinajstić information content (AvgIpc) is 3.62. The Morgan fingerprint density at radius 2 is 1.97 bits per heavy atom. The number of aromatic nitrogens is 5. The molecule has 1 aliphatic carbocycles. The number of thiazole rings is 1. The van der Waals surface area contributed by atoms with Crippen LogP contribution < -0.4 is 0 Å². The number of methoxy groups -OCH3 is 1. The van der Waals surface area contributed by atoms with Crippen molar-refractivity contribution < 1.29 is 9.47 Å². The van der Waals surface area contributed by atoms with E-state index in [1.165, 1.54) is 18.4 Å². The number of pyridine rings is 1. The van der Waals surface area contributed by atoms with Crippen molar-refractivity contribution in [2.75, 3.05) is 27.0 Å². The number of hydrogen-bond donors (Lipinski definition) is 1. The second-order valence-corrected chi connectivity index (χ2v) is 10.9. The topological polar surface area (TPSA) is 81.1 Å². The number of H-pyrrole nitrogens is 1. The van der Waals surface area contributed by atoms with Crippen molar-refractivity contribution in [1.82, 2.24) is 29.6 Å². The van der Waals surface area contributed by atoms with Crippen LogP contribution in [-0.4, -0.2) is 56.6 Å². The highest BCUT2D eigenvalue weighted by atomic mass is 35.5. The van der Waals surface area contributed by atoms with Crippen LogP contribution in [0.25, 0.3) is 32.7 Å². The molecule has 0 amide bonds. The number of aromatic amines is 1. The molecule has 1 saturated heterocycles. The summed E-state index contributed by atoms with van der Waals surface area (Å²) in [4.78, 5) is 16.6. The number of fused-ring (bicyclic) bond motifs is 1. The van der Waals surface area contributed by atoms with Crippen LogP contribution in [0.4, 0.5) is 0 Å². The van der Waals surface area contributed by atoms with E-state index in [1.54, 1.807) is 24.6 Å². The largest absolute Gasteiger partial charge is 0.359 e. The molecule has 5 heterocycles. The fraction of sp³-hybridized carbons (Fsp3) is 0.480. The molecule has 4 aromatic rings. The summed E-state index contributed by atoms with van der Waals surface area (Å²) < 4.78 is 13.1. The maximum absolute atomic E-state index is 6.86. The number of nitrogens with one attached hydrogen (secondary N) is 1. The van der Waals surface area contributed by atoms with Gasteiger partial charge < -0.3 is 14.5 Å². The van der Waals surface area contributed by atoms with E-state index in [0.717, 1.165) is 76.6 Å². The fourth-order valence-corrected chi connectivity index (χ4v) is 6.73. The van der Waals surface area contributed by atoms with E-state index < -0.39 is 0 Å². The molecule has 184 valence electrons. The zero-order valence-electron chi connectivity index (χ0n) is 20.0. The van der Waals surface area contributed by atoms with Gasteiger partial charge in [-0.05, 0) is 45.2 Å². The molecule has 0 aromatic carbocycles. The highest BCUT2D eigenvalue weighted by Gasteiger charge is 2.43. The van der Waals surface area contributed by atoms with Gasteiger partial charge in [0.05, 0.1) is 21.8 Å². The number of rotatable bonds is 8. The van der Waals surface area contributed by atoms with Crippen LogP contribution in [0.1, 0.15) is 42.7 Å². The standard InChI is InChI=1S/C25H29ClN6O2S/c1-31-13-16(10-29-31)22-17(14-32-8-3-4-9-32)20-21(18(26)11-27-23(20)30-22)19-12-28-24(35-19)25(6-5-7-25)34-15-33-2/h10-13H,3-9,14-15H2,1-2H3,(H,27,30). The minimum atomic E-state index is -0.352. The third kappa shape index (κ3) is 4.09. The lowest BCUT2D eigenvalue weighted by molar-refractivity contribution is -0.171.